The summed E-state index contributed by atoms with van der Waals surface area (Å²) in [7, 11) is 0. The highest BCUT2D eigenvalue weighted by atomic mass is 15.1. The predicted molar refractivity (Wildman–Crippen MR) is 225 cm³/mol. The van der Waals surface area contributed by atoms with Crippen LogP contribution in [0.2, 0.25) is 0 Å². The fourth-order valence-corrected chi connectivity index (χ4v) is 8.95. The third-order valence-electron chi connectivity index (χ3n) is 11.7. The summed E-state index contributed by atoms with van der Waals surface area (Å²) in [5, 5.41) is 5.22. The third kappa shape index (κ3) is 4.51. The predicted octanol–water partition coefficient (Wildman–Crippen LogP) is 11.7. The van der Waals surface area contributed by atoms with Gasteiger partial charge in [0.05, 0.1) is 11.0 Å². The van der Waals surface area contributed by atoms with E-state index in [1.807, 2.05) is 0 Å². The van der Waals surface area contributed by atoms with E-state index >= 15 is 0 Å². The quantitative estimate of drug-likeness (QED) is 0.166. The lowest BCUT2D eigenvalue weighted by Gasteiger charge is -2.43. The zero-order valence-corrected chi connectivity index (χ0v) is 31.2. The minimum Gasteiger partial charge on any atom is -0.376 e. The Hall–Kier alpha value is -5.54. The van der Waals surface area contributed by atoms with Crippen molar-refractivity contribution >= 4 is 61.7 Å². The monoisotopic (exact) mass is 670 g/mol. The lowest BCUT2D eigenvalue weighted by molar-refractivity contribution is 0.590. The van der Waals surface area contributed by atoms with Crippen LogP contribution >= 0.6 is 0 Å². The average molecular weight is 671 g/mol. The van der Waals surface area contributed by atoms with Gasteiger partial charge in [0.25, 0.3) is 0 Å². The first-order chi connectivity index (χ1) is 25.0. The molecule has 0 radical (unpaired) electrons. The van der Waals surface area contributed by atoms with E-state index in [1.165, 1.54) is 99.5 Å². The van der Waals surface area contributed by atoms with E-state index < -0.39 is 0 Å². The van der Waals surface area contributed by atoms with Crippen LogP contribution in [-0.4, -0.2) is 11.4 Å². The Morgan fingerprint density at radius 1 is 0.519 bits per heavy atom. The van der Waals surface area contributed by atoms with Crippen molar-refractivity contribution in [1.82, 2.24) is 4.57 Å². The van der Waals surface area contributed by atoms with E-state index in [0.717, 1.165) is 0 Å². The summed E-state index contributed by atoms with van der Waals surface area (Å²) in [5.74, 6) is 0. The molecule has 2 aliphatic heterocycles. The topological polar surface area (TPSA) is 8.17 Å². The van der Waals surface area contributed by atoms with E-state index in [0.29, 0.717) is 0 Å². The van der Waals surface area contributed by atoms with E-state index in [4.69, 9.17) is 0 Å². The number of rotatable bonds is 2. The zero-order valence-electron chi connectivity index (χ0n) is 31.2. The van der Waals surface area contributed by atoms with Gasteiger partial charge in [-0.05, 0) is 121 Å². The summed E-state index contributed by atoms with van der Waals surface area (Å²) in [6.45, 7) is 16.3. The number of anilines is 2. The van der Waals surface area contributed by atoms with Crippen molar-refractivity contribution in [3.05, 3.63) is 150 Å². The molecule has 0 saturated carbocycles. The van der Waals surface area contributed by atoms with Crippen molar-refractivity contribution < 1.29 is 0 Å². The normalized spacial score (nSPS) is 13.6. The molecule has 0 saturated heterocycles. The minimum absolute atomic E-state index is 0.00876. The molecule has 2 nitrogen and oxygen atoms in total. The van der Waals surface area contributed by atoms with Crippen molar-refractivity contribution in [2.24, 2.45) is 0 Å². The molecule has 252 valence electrons. The Kier molecular flexibility index (Phi) is 6.45. The average Bonchev–Trinajstić information content (AvgIpc) is 3.46. The van der Waals surface area contributed by atoms with Crippen molar-refractivity contribution in [2.45, 2.75) is 59.3 Å². The minimum atomic E-state index is -0.0257. The Morgan fingerprint density at radius 2 is 1.17 bits per heavy atom. The molecule has 0 unspecified atom stereocenters. The first-order valence-electron chi connectivity index (χ1n) is 18.7. The molecular weight excluding hydrogens is 627 g/mol. The highest BCUT2D eigenvalue weighted by molar-refractivity contribution is 6.93. The number of aromatic nitrogens is 1. The van der Waals surface area contributed by atoms with E-state index in [1.54, 1.807) is 0 Å². The Labute approximate surface area is 307 Å². The summed E-state index contributed by atoms with van der Waals surface area (Å²) in [6.07, 6.45) is 0. The molecule has 0 amide bonds. The molecule has 0 N–H and O–H groups in total. The molecule has 2 aliphatic rings. The van der Waals surface area contributed by atoms with Gasteiger partial charge in [-0.3, -0.25) is 0 Å². The number of aryl methyl sites for hydroxylation is 1. The fourth-order valence-electron chi connectivity index (χ4n) is 8.95. The van der Waals surface area contributed by atoms with Gasteiger partial charge in [-0.1, -0.05) is 126 Å². The fraction of sp³-hybridized carbons (Fsp3) is 0.184. The smallest absolute Gasteiger partial charge is 0.333 e. The SMILES string of the molecule is Cc1cc2c3c(c1)-n1c4ccc(C(C)(C)C)cc4c4cc(C(C)(C)C)cc(c41)B3N(c1ccc(-c3ccccc3)cc1)c1cc3ccccc3cc1-2. The molecule has 0 aliphatic carbocycles. The van der Waals surface area contributed by atoms with Crippen LogP contribution in [0.3, 0.4) is 0 Å². The molecule has 0 atom stereocenters. The second kappa shape index (κ2) is 10.7. The van der Waals surface area contributed by atoms with Gasteiger partial charge in [-0.2, -0.15) is 0 Å². The van der Waals surface area contributed by atoms with Crippen LogP contribution in [0.4, 0.5) is 11.4 Å². The summed E-state index contributed by atoms with van der Waals surface area (Å²) >= 11 is 0. The summed E-state index contributed by atoms with van der Waals surface area (Å²) in [4.78, 5) is 2.65. The highest BCUT2D eigenvalue weighted by Crippen LogP contribution is 2.47. The molecule has 52 heavy (non-hydrogen) atoms. The van der Waals surface area contributed by atoms with Gasteiger partial charge in [-0.15, -0.1) is 0 Å². The second-order valence-electron chi connectivity index (χ2n) is 17.2. The third-order valence-corrected chi connectivity index (χ3v) is 11.7. The number of nitrogens with zero attached hydrogens (tertiary/aromatic N) is 2. The molecular formula is C49H43BN2. The molecule has 0 bridgehead atoms. The van der Waals surface area contributed by atoms with Crippen LogP contribution in [0.1, 0.15) is 58.2 Å². The second-order valence-corrected chi connectivity index (χ2v) is 17.2. The summed E-state index contributed by atoms with van der Waals surface area (Å²) in [6, 6.07) is 50.8. The molecule has 3 heteroatoms. The number of hydrogen-bond donors (Lipinski definition) is 0. The number of hydrogen-bond acceptors (Lipinski definition) is 1. The van der Waals surface area contributed by atoms with Crippen LogP contribution in [0.15, 0.2) is 133 Å². The Bertz CT molecular complexity index is 2760. The summed E-state index contributed by atoms with van der Waals surface area (Å²) in [5.41, 5.74) is 18.3. The van der Waals surface area contributed by atoms with Crippen molar-refractivity contribution in [3.63, 3.8) is 0 Å². The highest BCUT2D eigenvalue weighted by Gasteiger charge is 2.44. The van der Waals surface area contributed by atoms with Gasteiger partial charge < -0.3 is 9.38 Å². The van der Waals surface area contributed by atoms with E-state index in [2.05, 4.69) is 191 Å². The van der Waals surface area contributed by atoms with Crippen LogP contribution in [0.25, 0.3) is 60.5 Å². The molecule has 0 spiro atoms. The van der Waals surface area contributed by atoms with Crippen LogP contribution in [0.5, 0.6) is 0 Å². The number of fused-ring (bicyclic) bond motifs is 8. The molecule has 10 rings (SSSR count). The van der Waals surface area contributed by atoms with Crippen molar-refractivity contribution in [3.8, 4) is 27.9 Å². The van der Waals surface area contributed by atoms with Gasteiger partial charge in [0.2, 0.25) is 0 Å². The molecule has 0 fully saturated rings. The Balaban J connectivity index is 1.35. The van der Waals surface area contributed by atoms with Crippen molar-refractivity contribution in [2.75, 3.05) is 4.81 Å². The van der Waals surface area contributed by atoms with E-state index in [-0.39, 0.29) is 17.7 Å². The summed E-state index contributed by atoms with van der Waals surface area (Å²) < 4.78 is 2.60. The standard InChI is InChI=1S/C49H43BN2/c1-30-23-40-38-25-33-15-11-12-16-34(33)26-44(38)52(37-20-17-32(18-21-37)31-13-9-8-10-14-31)50-42-29-36(49(5,6)7)28-41-39-27-35(48(2,3)4)19-22-43(39)51(47(41)42)45(24-30)46(40)50/h8-29H,1-7H3. The van der Waals surface area contributed by atoms with Crippen molar-refractivity contribution in [1.29, 1.82) is 0 Å². The molecule has 1 aromatic heterocycles. The first kappa shape index (κ1) is 31.2. The maximum Gasteiger partial charge on any atom is 0.333 e. The van der Waals surface area contributed by atoms with Gasteiger partial charge in [0.1, 0.15) is 0 Å². The molecule has 3 heterocycles. The zero-order chi connectivity index (χ0) is 35.7. The maximum absolute atomic E-state index is 2.65. The van der Waals surface area contributed by atoms with Crippen LogP contribution < -0.4 is 15.7 Å². The molecule has 7 aromatic carbocycles. The van der Waals surface area contributed by atoms with Crippen LogP contribution in [0, 0.1) is 6.92 Å². The van der Waals surface area contributed by atoms with Gasteiger partial charge >= 0.3 is 6.85 Å². The van der Waals surface area contributed by atoms with Crippen LogP contribution in [-0.2, 0) is 10.8 Å². The lowest BCUT2D eigenvalue weighted by Crippen LogP contribution is -2.60. The number of benzene rings is 7. The maximum atomic E-state index is 2.65. The Morgan fingerprint density at radius 3 is 1.88 bits per heavy atom. The first-order valence-corrected chi connectivity index (χ1v) is 18.7. The van der Waals surface area contributed by atoms with E-state index in [9.17, 15) is 0 Å². The van der Waals surface area contributed by atoms with Gasteiger partial charge in [0.15, 0.2) is 0 Å². The van der Waals surface area contributed by atoms with Gasteiger partial charge in [0, 0.05) is 33.4 Å². The largest absolute Gasteiger partial charge is 0.376 e. The lowest BCUT2D eigenvalue weighted by atomic mass is 9.43. The molecule has 8 aromatic rings. The van der Waals surface area contributed by atoms with Gasteiger partial charge in [-0.25, -0.2) is 0 Å².